The van der Waals surface area contributed by atoms with E-state index in [0.29, 0.717) is 192 Å². The molecule has 8 aromatic carbocycles. The average Bonchev–Trinajstić information content (AvgIpc) is 0.719. The molecule has 20 heteroatoms. The molecule has 102 heavy (non-hydrogen) atoms. The van der Waals surface area contributed by atoms with Crippen LogP contribution < -0.4 is 94.7 Å². The predicted octanol–water partition coefficient (Wildman–Crippen LogP) is 14.8. The van der Waals surface area contributed by atoms with Gasteiger partial charge in [-0.3, -0.25) is 0 Å². The molecule has 0 saturated heterocycles. The minimum atomic E-state index is -0.241. The van der Waals surface area contributed by atoms with Gasteiger partial charge in [-0.2, -0.15) is 0 Å². The first-order valence-electron chi connectivity index (χ1n) is 33.7. The lowest BCUT2D eigenvalue weighted by molar-refractivity contribution is 0.323. The van der Waals surface area contributed by atoms with Crippen molar-refractivity contribution in [3.05, 3.63) is 164 Å². The van der Waals surface area contributed by atoms with Gasteiger partial charge in [0.15, 0.2) is 46.0 Å². The van der Waals surface area contributed by atoms with E-state index >= 15 is 0 Å². The molecule has 0 radical (unpaired) electrons. The molecule has 0 bridgehead atoms. The van der Waals surface area contributed by atoms with Crippen LogP contribution in [0.25, 0.3) is 0 Å². The standard InChI is InChI=1S/C82H102O20/c1-83-63-33-49(34-64(84-2)58(63)27-22-50-35-71(91-9)79(99-17)72(36-50)92-10)21-26-56(31-54-43-65(85-3)59(66(44-54)86-4)28-23-51-37-73(93-11)80(100-18)74(38-51)94-12)62(57-47-69(89-7)61(70(48-57)90-8)30-25-53-41-77(97-15)82(102-20)78(42-53)98-16)32-55-45-67(87-5)60(68(46-55)88-6)29-24-52-39-75(95-13)81(101-19)76(40-52)96-14/h33-48,56,62H,21-32H2,1-20H3/t56-,62-/m1/s1. The highest BCUT2D eigenvalue weighted by Gasteiger charge is 2.31. The van der Waals surface area contributed by atoms with Crippen LogP contribution in [-0.2, 0) is 70.6 Å². The zero-order valence-electron chi connectivity index (χ0n) is 63.0. The molecule has 0 spiro atoms. The predicted molar refractivity (Wildman–Crippen MR) is 394 cm³/mol. The minimum Gasteiger partial charge on any atom is -0.496 e. The van der Waals surface area contributed by atoms with Gasteiger partial charge in [0.2, 0.25) is 23.0 Å². The number of methoxy groups -OCH3 is 20. The molecule has 0 aliphatic rings. The number of hydrogen-bond donors (Lipinski definition) is 0. The summed E-state index contributed by atoms with van der Waals surface area (Å²) in [7, 11) is 32.9. The Morgan fingerprint density at radius 2 is 0.373 bits per heavy atom. The molecule has 0 saturated carbocycles. The van der Waals surface area contributed by atoms with E-state index in [4.69, 9.17) is 94.7 Å². The van der Waals surface area contributed by atoms with Crippen molar-refractivity contribution < 1.29 is 94.7 Å². The second kappa shape index (κ2) is 37.4. The third-order valence-corrected chi connectivity index (χ3v) is 18.9. The highest BCUT2D eigenvalue weighted by atomic mass is 16.6. The topological polar surface area (TPSA) is 185 Å². The van der Waals surface area contributed by atoms with E-state index in [9.17, 15) is 0 Å². The van der Waals surface area contributed by atoms with Crippen molar-refractivity contribution in [2.45, 2.75) is 83.0 Å². The summed E-state index contributed by atoms with van der Waals surface area (Å²) in [5, 5.41) is 0. The van der Waals surface area contributed by atoms with Crippen molar-refractivity contribution in [2.24, 2.45) is 5.92 Å². The third kappa shape index (κ3) is 17.9. The largest absolute Gasteiger partial charge is 0.496 e. The van der Waals surface area contributed by atoms with Crippen LogP contribution in [0.3, 0.4) is 0 Å². The molecule has 550 valence electrons. The summed E-state index contributed by atoms with van der Waals surface area (Å²) in [6, 6.07) is 33.0. The zero-order chi connectivity index (χ0) is 73.6. The lowest BCUT2D eigenvalue weighted by Crippen LogP contribution is -2.20. The van der Waals surface area contributed by atoms with Gasteiger partial charge < -0.3 is 94.7 Å². The molecular formula is C82H102O20. The van der Waals surface area contributed by atoms with Crippen LogP contribution in [0, 0.1) is 5.92 Å². The Balaban J connectivity index is 1.28. The average molecular weight is 1410 g/mol. The molecule has 0 unspecified atom stereocenters. The third-order valence-electron chi connectivity index (χ3n) is 18.9. The van der Waals surface area contributed by atoms with E-state index in [1.165, 1.54) is 0 Å². The Morgan fingerprint density at radius 1 is 0.186 bits per heavy atom. The van der Waals surface area contributed by atoms with Gasteiger partial charge in [-0.1, -0.05) is 0 Å². The fraction of sp³-hybridized carbons (Fsp3) is 0.415. The van der Waals surface area contributed by atoms with Crippen LogP contribution in [0.5, 0.6) is 115 Å². The number of benzene rings is 8. The lowest BCUT2D eigenvalue weighted by Gasteiger charge is -2.31. The van der Waals surface area contributed by atoms with Crippen LogP contribution in [0.15, 0.2) is 97.1 Å². The summed E-state index contributed by atoms with van der Waals surface area (Å²) in [6.07, 6.45) is 7.13. The van der Waals surface area contributed by atoms with Crippen molar-refractivity contribution in [3.8, 4) is 115 Å². The number of hydrogen-bond acceptors (Lipinski definition) is 20. The van der Waals surface area contributed by atoms with Gasteiger partial charge in [-0.05, 0) is 230 Å². The van der Waals surface area contributed by atoms with E-state index in [2.05, 4.69) is 48.5 Å². The van der Waals surface area contributed by atoms with E-state index in [0.717, 1.165) is 66.8 Å². The summed E-state index contributed by atoms with van der Waals surface area (Å²) in [5.74, 6) is 11.8. The van der Waals surface area contributed by atoms with Crippen LogP contribution in [0.1, 0.15) is 79.1 Å². The fourth-order valence-corrected chi connectivity index (χ4v) is 13.8. The van der Waals surface area contributed by atoms with Crippen LogP contribution in [0.2, 0.25) is 0 Å². The first-order chi connectivity index (χ1) is 49.6. The second-order valence-corrected chi connectivity index (χ2v) is 24.3. The fourth-order valence-electron chi connectivity index (χ4n) is 13.8. The molecule has 8 aromatic rings. The Morgan fingerprint density at radius 3 is 0.588 bits per heavy atom. The quantitative estimate of drug-likeness (QED) is 0.0352. The minimum absolute atomic E-state index is 0.127. The lowest BCUT2D eigenvalue weighted by atomic mass is 9.75. The smallest absolute Gasteiger partial charge is 0.203 e. The van der Waals surface area contributed by atoms with E-state index < -0.39 is 0 Å². The molecule has 0 heterocycles. The first-order valence-corrected chi connectivity index (χ1v) is 33.7. The molecule has 0 N–H and O–H groups in total. The normalized spacial score (nSPS) is 11.5. The number of ether oxygens (including phenoxy) is 20. The molecule has 8 rings (SSSR count). The van der Waals surface area contributed by atoms with Gasteiger partial charge in [-0.25, -0.2) is 0 Å². The molecular weight excluding hydrogens is 1300 g/mol. The van der Waals surface area contributed by atoms with Gasteiger partial charge in [0.25, 0.3) is 0 Å². The van der Waals surface area contributed by atoms with Crippen LogP contribution in [0.4, 0.5) is 0 Å². The molecule has 0 aliphatic carbocycles. The molecule has 0 amide bonds. The zero-order valence-corrected chi connectivity index (χ0v) is 63.0. The second-order valence-electron chi connectivity index (χ2n) is 24.3. The van der Waals surface area contributed by atoms with Crippen LogP contribution in [-0.4, -0.2) is 142 Å². The van der Waals surface area contributed by atoms with Gasteiger partial charge in [0.05, 0.1) is 142 Å². The summed E-state index contributed by atoms with van der Waals surface area (Å²) in [4.78, 5) is 0. The molecule has 2 atom stereocenters. The molecule has 0 aromatic heterocycles. The van der Waals surface area contributed by atoms with Crippen molar-refractivity contribution in [2.75, 3.05) is 142 Å². The van der Waals surface area contributed by atoms with Gasteiger partial charge >= 0.3 is 0 Å². The highest BCUT2D eigenvalue weighted by Crippen LogP contribution is 2.48. The monoisotopic (exact) mass is 1410 g/mol. The van der Waals surface area contributed by atoms with Crippen molar-refractivity contribution in [1.82, 2.24) is 0 Å². The summed E-state index contributed by atoms with van der Waals surface area (Å²) >= 11 is 0. The van der Waals surface area contributed by atoms with Crippen molar-refractivity contribution in [1.29, 1.82) is 0 Å². The number of aryl methyl sites for hydroxylation is 5. The maximum atomic E-state index is 6.46. The van der Waals surface area contributed by atoms with E-state index in [-0.39, 0.29) is 11.8 Å². The number of rotatable bonds is 41. The van der Waals surface area contributed by atoms with Gasteiger partial charge in [-0.15, -0.1) is 0 Å². The summed E-state index contributed by atoms with van der Waals surface area (Å²) in [5.41, 5.74) is 11.6. The summed E-state index contributed by atoms with van der Waals surface area (Å²) < 4.78 is 120. The molecule has 0 aliphatic heterocycles. The first kappa shape index (κ1) is 77.5. The summed E-state index contributed by atoms with van der Waals surface area (Å²) in [6.45, 7) is 0. The highest BCUT2D eigenvalue weighted by molar-refractivity contribution is 5.60. The maximum absolute atomic E-state index is 6.46. The Kier molecular flexibility index (Phi) is 28.4. The van der Waals surface area contributed by atoms with Gasteiger partial charge in [0.1, 0.15) is 46.0 Å². The van der Waals surface area contributed by atoms with Crippen LogP contribution >= 0.6 is 0 Å². The Bertz CT molecular complexity index is 3890. The van der Waals surface area contributed by atoms with Crippen molar-refractivity contribution >= 4 is 0 Å². The molecule has 0 fully saturated rings. The van der Waals surface area contributed by atoms with Crippen molar-refractivity contribution in [3.63, 3.8) is 0 Å². The Hall–Kier alpha value is -10.2. The Labute approximate surface area is 602 Å². The SMILES string of the molecule is COc1cc(CC[C@H](Cc2cc(OC)c(CCc3cc(OC)c(OC)c(OC)c3)c(OC)c2)[C@@H](Cc2cc(OC)c(CCc3cc(OC)c(OC)c(OC)c3)c(OC)c2)c2cc(OC)c(CCc3cc(OC)c(OC)c(OC)c3)c(OC)c2)cc(OC)c1CCc1cc(OC)c(OC)c(OC)c1. The van der Waals surface area contributed by atoms with E-state index in [1.807, 2.05) is 48.5 Å². The molecule has 20 nitrogen and oxygen atoms in total. The van der Waals surface area contributed by atoms with Gasteiger partial charge in [0, 0.05) is 22.3 Å². The van der Waals surface area contributed by atoms with E-state index in [1.54, 1.807) is 142 Å². The maximum Gasteiger partial charge on any atom is 0.203 e.